The Hall–Kier alpha value is -2.75. The molecule has 1 atom stereocenters. The molecule has 10 heteroatoms. The largest absolute Gasteiger partial charge is 0.434 e. The molecule has 1 N–H and O–H groups in total. The van der Waals surface area contributed by atoms with E-state index >= 15 is 0 Å². The van der Waals surface area contributed by atoms with Crippen LogP contribution in [0.5, 0.6) is 0 Å². The van der Waals surface area contributed by atoms with Gasteiger partial charge in [-0.3, -0.25) is 4.40 Å². The summed E-state index contributed by atoms with van der Waals surface area (Å²) in [5, 5.41) is 9.53. The number of aromatic nitrogens is 5. The molecule has 0 aromatic carbocycles. The van der Waals surface area contributed by atoms with Crippen molar-refractivity contribution in [3.63, 3.8) is 0 Å². The molecule has 0 aliphatic carbocycles. The van der Waals surface area contributed by atoms with Crippen molar-refractivity contribution in [1.82, 2.24) is 24.3 Å². The molecule has 1 fully saturated rings. The summed E-state index contributed by atoms with van der Waals surface area (Å²) < 4.78 is 40.4. The lowest BCUT2D eigenvalue weighted by Crippen LogP contribution is -2.30. The Morgan fingerprint density at radius 2 is 2.00 bits per heavy atom. The molecule has 0 saturated carbocycles. The fourth-order valence-corrected chi connectivity index (χ4v) is 3.44. The second-order valence-corrected chi connectivity index (χ2v) is 6.87. The average molecular weight is 392 g/mol. The first-order valence-electron chi connectivity index (χ1n) is 9.05. The topological polar surface area (TPSA) is 79.4 Å². The highest BCUT2D eigenvalue weighted by molar-refractivity contribution is 5.58. The molecule has 1 unspecified atom stereocenters. The molecule has 3 aromatic rings. The van der Waals surface area contributed by atoms with Crippen molar-refractivity contribution < 1.29 is 18.3 Å². The standard InChI is InChI=1S/C18H19F3N6O/c19-18(20,21)14-10-27-13(7-24-16(27)8-23-14)17-22-5-4-15(25-17)26-6-2-1-3-12(9-26)11-28/h4-5,7-8,10,12,28H,1-3,6,9,11H2. The van der Waals surface area contributed by atoms with Gasteiger partial charge in [0.2, 0.25) is 0 Å². The molecule has 28 heavy (non-hydrogen) atoms. The first-order chi connectivity index (χ1) is 13.5. The van der Waals surface area contributed by atoms with Gasteiger partial charge in [-0.25, -0.2) is 19.9 Å². The predicted molar refractivity (Wildman–Crippen MR) is 95.7 cm³/mol. The molecular weight excluding hydrogens is 373 g/mol. The summed E-state index contributed by atoms with van der Waals surface area (Å²) in [6, 6.07) is 1.77. The third-order valence-electron chi connectivity index (χ3n) is 4.91. The van der Waals surface area contributed by atoms with E-state index in [-0.39, 0.29) is 24.0 Å². The van der Waals surface area contributed by atoms with Gasteiger partial charge in [-0.2, -0.15) is 13.2 Å². The molecular formula is C18H19F3N6O. The quantitative estimate of drug-likeness (QED) is 0.739. The van der Waals surface area contributed by atoms with Gasteiger partial charge in [0.25, 0.3) is 0 Å². The van der Waals surface area contributed by atoms with Gasteiger partial charge in [0.05, 0.1) is 12.4 Å². The van der Waals surface area contributed by atoms with Gasteiger partial charge in [0, 0.05) is 32.1 Å². The SMILES string of the molecule is OCC1CCCCN(c2ccnc(-c3cnc4cnc(C(F)(F)F)cn34)n2)C1. The number of aliphatic hydroxyl groups excluding tert-OH is 1. The number of imidazole rings is 1. The lowest BCUT2D eigenvalue weighted by Gasteiger charge is -2.24. The molecule has 7 nitrogen and oxygen atoms in total. The Balaban J connectivity index is 1.71. The minimum absolute atomic E-state index is 0.120. The zero-order chi connectivity index (χ0) is 19.7. The van der Waals surface area contributed by atoms with E-state index < -0.39 is 11.9 Å². The van der Waals surface area contributed by atoms with E-state index in [1.807, 2.05) is 0 Å². The summed E-state index contributed by atoms with van der Waals surface area (Å²) in [6.45, 7) is 1.61. The second-order valence-electron chi connectivity index (χ2n) is 6.87. The highest BCUT2D eigenvalue weighted by atomic mass is 19.4. The summed E-state index contributed by atoms with van der Waals surface area (Å²) in [5.74, 6) is 1.15. The maximum Gasteiger partial charge on any atom is 0.434 e. The molecule has 0 spiro atoms. The Kier molecular flexibility index (Phi) is 4.88. The Morgan fingerprint density at radius 1 is 1.14 bits per heavy atom. The van der Waals surface area contributed by atoms with Crippen LogP contribution in [0.4, 0.5) is 19.0 Å². The van der Waals surface area contributed by atoms with Gasteiger partial charge >= 0.3 is 6.18 Å². The zero-order valence-corrected chi connectivity index (χ0v) is 15.0. The summed E-state index contributed by atoms with van der Waals surface area (Å²) >= 11 is 0. The van der Waals surface area contributed by atoms with Crippen LogP contribution >= 0.6 is 0 Å². The van der Waals surface area contributed by atoms with Crippen LogP contribution in [0.25, 0.3) is 17.2 Å². The molecule has 1 aliphatic rings. The molecule has 148 valence electrons. The number of aliphatic hydroxyl groups is 1. The molecule has 4 heterocycles. The predicted octanol–water partition coefficient (Wildman–Crippen LogP) is 2.80. The van der Waals surface area contributed by atoms with Crippen LogP contribution < -0.4 is 4.90 Å². The summed E-state index contributed by atoms with van der Waals surface area (Å²) in [5.41, 5.74) is -0.362. The highest BCUT2D eigenvalue weighted by Crippen LogP contribution is 2.29. The van der Waals surface area contributed by atoms with Gasteiger partial charge in [0.1, 0.15) is 11.5 Å². The van der Waals surface area contributed by atoms with E-state index in [0.29, 0.717) is 18.1 Å². The number of fused-ring (bicyclic) bond motifs is 1. The molecule has 1 aliphatic heterocycles. The van der Waals surface area contributed by atoms with Crippen molar-refractivity contribution in [2.24, 2.45) is 5.92 Å². The van der Waals surface area contributed by atoms with E-state index in [0.717, 1.165) is 38.2 Å². The minimum Gasteiger partial charge on any atom is -0.396 e. The first kappa shape index (κ1) is 18.6. The van der Waals surface area contributed by atoms with Crippen molar-refractivity contribution in [3.8, 4) is 11.5 Å². The number of hydrogen-bond acceptors (Lipinski definition) is 6. The fraction of sp³-hybridized carbons (Fsp3) is 0.444. The molecule has 0 bridgehead atoms. The van der Waals surface area contributed by atoms with Crippen molar-refractivity contribution in [1.29, 1.82) is 0 Å². The molecule has 3 aromatic heterocycles. The number of anilines is 1. The third-order valence-corrected chi connectivity index (χ3v) is 4.91. The average Bonchev–Trinajstić information content (AvgIpc) is 2.96. The van der Waals surface area contributed by atoms with Crippen LogP contribution in [-0.2, 0) is 6.18 Å². The highest BCUT2D eigenvalue weighted by Gasteiger charge is 2.33. The van der Waals surface area contributed by atoms with Crippen LogP contribution in [0, 0.1) is 5.92 Å². The molecule has 4 rings (SSSR count). The number of alkyl halides is 3. The van der Waals surface area contributed by atoms with E-state index in [1.54, 1.807) is 12.3 Å². The summed E-state index contributed by atoms with van der Waals surface area (Å²) in [6.07, 6.45) is 3.46. The van der Waals surface area contributed by atoms with Crippen molar-refractivity contribution in [2.45, 2.75) is 25.4 Å². The summed E-state index contributed by atoms with van der Waals surface area (Å²) in [4.78, 5) is 18.4. The summed E-state index contributed by atoms with van der Waals surface area (Å²) in [7, 11) is 0. The van der Waals surface area contributed by atoms with E-state index in [1.165, 1.54) is 10.6 Å². The van der Waals surface area contributed by atoms with E-state index in [4.69, 9.17) is 0 Å². The molecule has 0 amide bonds. The van der Waals surface area contributed by atoms with Gasteiger partial charge in [-0.15, -0.1) is 0 Å². The Morgan fingerprint density at radius 3 is 2.79 bits per heavy atom. The maximum absolute atomic E-state index is 13.0. The van der Waals surface area contributed by atoms with E-state index in [9.17, 15) is 18.3 Å². The zero-order valence-electron chi connectivity index (χ0n) is 15.0. The Labute approximate surface area is 158 Å². The number of nitrogens with zero attached hydrogens (tertiary/aromatic N) is 6. The van der Waals surface area contributed by atoms with Crippen molar-refractivity contribution in [3.05, 3.63) is 36.5 Å². The van der Waals surface area contributed by atoms with Crippen LogP contribution in [0.15, 0.2) is 30.9 Å². The van der Waals surface area contributed by atoms with Crippen LogP contribution in [0.2, 0.25) is 0 Å². The number of rotatable bonds is 3. The van der Waals surface area contributed by atoms with Gasteiger partial charge in [-0.05, 0) is 24.8 Å². The van der Waals surface area contributed by atoms with Crippen LogP contribution in [0.1, 0.15) is 25.0 Å². The van der Waals surface area contributed by atoms with Gasteiger partial charge < -0.3 is 10.0 Å². The lowest BCUT2D eigenvalue weighted by atomic mass is 10.1. The monoisotopic (exact) mass is 392 g/mol. The smallest absolute Gasteiger partial charge is 0.396 e. The molecule has 0 radical (unpaired) electrons. The number of hydrogen-bond donors (Lipinski definition) is 1. The second kappa shape index (κ2) is 7.34. The van der Waals surface area contributed by atoms with Crippen LogP contribution in [-0.4, -0.2) is 49.1 Å². The van der Waals surface area contributed by atoms with E-state index in [2.05, 4.69) is 24.8 Å². The Bertz CT molecular complexity index is 973. The van der Waals surface area contributed by atoms with Gasteiger partial charge in [0.15, 0.2) is 17.2 Å². The van der Waals surface area contributed by atoms with Crippen molar-refractivity contribution >= 4 is 11.5 Å². The third kappa shape index (κ3) is 3.64. The van der Waals surface area contributed by atoms with Gasteiger partial charge in [-0.1, -0.05) is 6.42 Å². The molecule has 1 saturated heterocycles. The minimum atomic E-state index is -4.55. The van der Waals surface area contributed by atoms with Crippen LogP contribution in [0.3, 0.4) is 0 Å². The first-order valence-corrected chi connectivity index (χ1v) is 9.05. The maximum atomic E-state index is 13.0. The fourth-order valence-electron chi connectivity index (χ4n) is 3.44. The number of halogens is 3. The normalized spacial score (nSPS) is 18.4. The van der Waals surface area contributed by atoms with Crippen molar-refractivity contribution in [2.75, 3.05) is 24.6 Å². The lowest BCUT2D eigenvalue weighted by molar-refractivity contribution is -0.141.